The maximum absolute atomic E-state index is 15.3. The van der Waals surface area contributed by atoms with Gasteiger partial charge in [0, 0.05) is 17.7 Å². The van der Waals surface area contributed by atoms with Gasteiger partial charge in [0.05, 0.1) is 25.6 Å². The number of carbonyl (C=O) groups is 1. The van der Waals surface area contributed by atoms with Crippen molar-refractivity contribution in [2.45, 2.75) is 31.3 Å². The van der Waals surface area contributed by atoms with Crippen LogP contribution in [0.1, 0.15) is 36.8 Å². The number of hydrogen-bond acceptors (Lipinski definition) is 5. The molecule has 0 radical (unpaired) electrons. The first-order valence-electron chi connectivity index (χ1n) is 11.4. The molecule has 0 aliphatic carbocycles. The fraction of sp³-hybridized carbons (Fsp3) is 0.296. The predicted octanol–water partition coefficient (Wildman–Crippen LogP) is 5.23. The Morgan fingerprint density at radius 2 is 1.65 bits per heavy atom. The fourth-order valence-corrected chi connectivity index (χ4v) is 4.56. The Labute approximate surface area is 199 Å². The van der Waals surface area contributed by atoms with Crippen molar-refractivity contribution in [1.29, 1.82) is 0 Å². The van der Waals surface area contributed by atoms with Crippen molar-refractivity contribution < 1.29 is 18.7 Å². The number of anilines is 2. The Hall–Kier alpha value is -3.74. The number of fused-ring (bicyclic) bond motifs is 1. The van der Waals surface area contributed by atoms with E-state index in [4.69, 9.17) is 9.47 Å². The molecule has 0 aromatic heterocycles. The number of para-hydroxylation sites is 3. The highest BCUT2D eigenvalue weighted by Gasteiger charge is 2.52. The molecular formula is C27H30FN3O3. The molecule has 1 amide bonds. The lowest BCUT2D eigenvalue weighted by molar-refractivity contribution is -0.123. The summed E-state index contributed by atoms with van der Waals surface area (Å²) in [4.78, 5) is 13.8. The van der Waals surface area contributed by atoms with Crippen molar-refractivity contribution in [3.8, 4) is 11.5 Å². The van der Waals surface area contributed by atoms with E-state index in [9.17, 15) is 4.79 Å². The average molecular weight is 464 g/mol. The van der Waals surface area contributed by atoms with Gasteiger partial charge in [0.1, 0.15) is 11.7 Å². The van der Waals surface area contributed by atoms with Gasteiger partial charge in [-0.3, -0.25) is 4.79 Å². The van der Waals surface area contributed by atoms with Crippen LogP contribution in [0.5, 0.6) is 11.5 Å². The van der Waals surface area contributed by atoms with Crippen LogP contribution in [0, 0.1) is 5.82 Å². The van der Waals surface area contributed by atoms with E-state index in [1.54, 1.807) is 38.5 Å². The summed E-state index contributed by atoms with van der Waals surface area (Å²) in [6.07, 6.45) is 1.76. The summed E-state index contributed by atoms with van der Waals surface area (Å²) in [5.74, 6) is -0.757. The van der Waals surface area contributed by atoms with E-state index in [0.29, 0.717) is 23.6 Å². The second-order valence-electron chi connectivity index (χ2n) is 8.24. The third kappa shape index (κ3) is 4.14. The number of hydrogen-bond donors (Lipinski definition) is 3. The third-order valence-electron chi connectivity index (χ3n) is 6.16. The van der Waals surface area contributed by atoms with E-state index in [1.165, 1.54) is 6.07 Å². The number of nitrogens with one attached hydrogen (secondary N) is 3. The first kappa shape index (κ1) is 23.4. The van der Waals surface area contributed by atoms with Gasteiger partial charge >= 0.3 is 0 Å². The van der Waals surface area contributed by atoms with Crippen LogP contribution in [0.2, 0.25) is 0 Å². The number of unbranched alkanes of at least 4 members (excludes halogenated alkanes) is 1. The van der Waals surface area contributed by atoms with Gasteiger partial charge in [0.15, 0.2) is 17.2 Å². The fourth-order valence-electron chi connectivity index (χ4n) is 4.56. The highest BCUT2D eigenvalue weighted by Crippen LogP contribution is 2.51. The summed E-state index contributed by atoms with van der Waals surface area (Å²) in [7, 11) is 3.11. The van der Waals surface area contributed by atoms with Gasteiger partial charge in [-0.05, 0) is 30.7 Å². The molecule has 1 atom stereocenters. The molecule has 0 fully saturated rings. The summed E-state index contributed by atoms with van der Waals surface area (Å²) in [5, 5.41) is 10.0. The van der Waals surface area contributed by atoms with Gasteiger partial charge in [-0.25, -0.2) is 4.39 Å². The molecule has 34 heavy (non-hydrogen) atoms. The summed E-state index contributed by atoms with van der Waals surface area (Å²) in [6.45, 7) is 2.55. The largest absolute Gasteiger partial charge is 0.493 e. The number of amides is 1. The van der Waals surface area contributed by atoms with Crippen molar-refractivity contribution in [2.75, 3.05) is 31.4 Å². The van der Waals surface area contributed by atoms with Crippen molar-refractivity contribution in [2.24, 2.45) is 0 Å². The third-order valence-corrected chi connectivity index (χ3v) is 6.16. The summed E-state index contributed by atoms with van der Waals surface area (Å²) >= 11 is 0. The Kier molecular flexibility index (Phi) is 6.91. The quantitative estimate of drug-likeness (QED) is 0.379. The second-order valence-corrected chi connectivity index (χ2v) is 8.24. The number of carbonyl (C=O) groups excluding carboxylic acids is 1. The molecule has 0 spiro atoms. The van der Waals surface area contributed by atoms with Crippen LogP contribution in [0.3, 0.4) is 0 Å². The zero-order valence-corrected chi connectivity index (χ0v) is 19.7. The molecule has 3 N–H and O–H groups in total. The molecule has 1 unspecified atom stereocenters. The Morgan fingerprint density at radius 3 is 2.26 bits per heavy atom. The molecule has 1 aliphatic rings. The lowest BCUT2D eigenvalue weighted by atomic mass is 9.79. The number of rotatable bonds is 9. The van der Waals surface area contributed by atoms with Crippen molar-refractivity contribution >= 4 is 17.3 Å². The minimum absolute atomic E-state index is 0.272. The number of benzene rings is 3. The Bertz CT molecular complexity index is 1140. The van der Waals surface area contributed by atoms with E-state index in [0.717, 1.165) is 24.2 Å². The predicted molar refractivity (Wildman–Crippen MR) is 132 cm³/mol. The molecule has 178 valence electrons. The van der Waals surface area contributed by atoms with Gasteiger partial charge in [0.25, 0.3) is 0 Å². The van der Waals surface area contributed by atoms with Crippen molar-refractivity contribution in [1.82, 2.24) is 5.32 Å². The number of ether oxygens (including phenoxy) is 2. The highest BCUT2D eigenvalue weighted by atomic mass is 19.1. The smallest absolute Gasteiger partial charge is 0.232 e. The van der Waals surface area contributed by atoms with E-state index in [2.05, 4.69) is 22.9 Å². The summed E-state index contributed by atoms with van der Waals surface area (Å²) in [5.41, 5.74) is 1.26. The number of methoxy groups -OCH3 is 2. The minimum Gasteiger partial charge on any atom is -0.493 e. The molecule has 7 heteroatoms. The average Bonchev–Trinajstić information content (AvgIpc) is 3.25. The first-order chi connectivity index (χ1) is 16.6. The second kappa shape index (κ2) is 10.0. The van der Waals surface area contributed by atoms with Crippen LogP contribution in [-0.2, 0) is 10.5 Å². The molecule has 4 rings (SSSR count). The molecule has 0 saturated heterocycles. The maximum atomic E-state index is 15.3. The van der Waals surface area contributed by atoms with Gasteiger partial charge < -0.3 is 25.4 Å². The lowest BCUT2D eigenvalue weighted by Crippen LogP contribution is -2.51. The van der Waals surface area contributed by atoms with Crippen LogP contribution >= 0.6 is 0 Å². The van der Waals surface area contributed by atoms with E-state index in [1.807, 2.05) is 36.4 Å². The van der Waals surface area contributed by atoms with Crippen molar-refractivity contribution in [3.63, 3.8) is 0 Å². The SMILES string of the molecule is CCCCNC(=O)C(c1ccccc1F)C1(c2cccc(OC)c2OC)Nc2ccccc2N1. The molecule has 0 bridgehead atoms. The monoisotopic (exact) mass is 463 g/mol. The Balaban J connectivity index is 1.96. The van der Waals surface area contributed by atoms with Crippen molar-refractivity contribution in [3.05, 3.63) is 83.7 Å². The molecule has 1 aliphatic heterocycles. The molecule has 3 aromatic carbocycles. The zero-order chi connectivity index (χ0) is 24.1. The topological polar surface area (TPSA) is 71.6 Å². The van der Waals surface area contributed by atoms with Crippen LogP contribution in [-0.4, -0.2) is 26.7 Å². The number of halogens is 1. The lowest BCUT2D eigenvalue weighted by Gasteiger charge is -2.39. The molecular weight excluding hydrogens is 433 g/mol. The van der Waals surface area contributed by atoms with E-state index < -0.39 is 17.4 Å². The van der Waals surface area contributed by atoms with Gasteiger partial charge in [-0.1, -0.05) is 55.8 Å². The van der Waals surface area contributed by atoms with Crippen LogP contribution in [0.25, 0.3) is 0 Å². The molecule has 3 aromatic rings. The van der Waals surface area contributed by atoms with Gasteiger partial charge in [-0.2, -0.15) is 0 Å². The molecule has 1 heterocycles. The highest BCUT2D eigenvalue weighted by molar-refractivity contribution is 5.90. The normalized spacial score (nSPS) is 14.4. The minimum atomic E-state index is -1.25. The molecule has 6 nitrogen and oxygen atoms in total. The van der Waals surface area contributed by atoms with Crippen LogP contribution in [0.4, 0.5) is 15.8 Å². The van der Waals surface area contributed by atoms with Gasteiger partial charge in [0.2, 0.25) is 5.91 Å². The van der Waals surface area contributed by atoms with Crippen LogP contribution < -0.4 is 25.4 Å². The van der Waals surface area contributed by atoms with Gasteiger partial charge in [-0.15, -0.1) is 0 Å². The Morgan fingerprint density at radius 1 is 0.971 bits per heavy atom. The summed E-state index contributed by atoms with van der Waals surface area (Å²) in [6, 6.07) is 19.5. The standard InChI is InChI=1S/C27H30FN3O3/c1-4-5-17-29-26(32)24(18-11-6-7-13-20(18)28)27(30-21-14-8-9-15-22(21)31-27)19-12-10-16-23(33-2)25(19)34-3/h6-16,24,30-31H,4-5,17H2,1-3H3,(H,29,32). The first-order valence-corrected chi connectivity index (χ1v) is 11.4. The summed E-state index contributed by atoms with van der Waals surface area (Å²) < 4.78 is 26.6. The molecule has 0 saturated carbocycles. The maximum Gasteiger partial charge on any atom is 0.232 e. The zero-order valence-electron chi connectivity index (χ0n) is 19.7. The van der Waals surface area contributed by atoms with E-state index in [-0.39, 0.29) is 11.5 Å². The van der Waals surface area contributed by atoms with Crippen LogP contribution in [0.15, 0.2) is 66.7 Å². The van der Waals surface area contributed by atoms with E-state index >= 15 is 4.39 Å².